The summed E-state index contributed by atoms with van der Waals surface area (Å²) in [7, 11) is -5.81. The molecule has 0 N–H and O–H groups in total. The molecule has 268 valence electrons. The van der Waals surface area contributed by atoms with Crippen molar-refractivity contribution >= 4 is 72.8 Å². The Bertz CT molecular complexity index is 2000. The van der Waals surface area contributed by atoms with E-state index in [1.54, 1.807) is 0 Å². The van der Waals surface area contributed by atoms with Crippen LogP contribution in [0.4, 0.5) is 0 Å². The number of hydrogen-bond donors (Lipinski definition) is 0. The largest absolute Gasteiger partial charge is 0.179 e. The van der Waals surface area contributed by atoms with Crippen LogP contribution in [0.3, 0.4) is 0 Å². The van der Waals surface area contributed by atoms with E-state index < -0.39 is 30.4 Å². The monoisotopic (exact) mass is 782 g/mol. The first kappa shape index (κ1) is 37.4. The van der Waals surface area contributed by atoms with Crippen LogP contribution in [0.25, 0.3) is 0 Å². The zero-order valence-electron chi connectivity index (χ0n) is 31.0. The summed E-state index contributed by atoms with van der Waals surface area (Å²) in [6, 6.07) is 92.3. The van der Waals surface area contributed by atoms with Crippen molar-refractivity contribution in [2.75, 3.05) is 17.7 Å². The van der Waals surface area contributed by atoms with Gasteiger partial charge in [-0.05, 0) is 85.6 Å². The Kier molecular flexibility index (Phi) is 12.2. The van der Waals surface area contributed by atoms with Crippen molar-refractivity contribution in [3.05, 3.63) is 243 Å². The molecule has 0 heterocycles. The summed E-state index contributed by atoms with van der Waals surface area (Å²) in [4.78, 5) is 0. The summed E-state index contributed by atoms with van der Waals surface area (Å²) in [6.07, 6.45) is 0. The molecule has 8 aromatic carbocycles. The summed E-state index contributed by atoms with van der Waals surface area (Å²) in [5.74, 6) is 3.31. The highest BCUT2D eigenvalue weighted by atomic mass is 31.3. The van der Waals surface area contributed by atoms with E-state index in [-0.39, 0.29) is 0 Å². The molecule has 0 nitrogen and oxygen atoms in total. The molecule has 4 heteroatoms. The van der Waals surface area contributed by atoms with Crippen LogP contribution >= 0.6 is 30.4 Å². The molecule has 0 atom stereocenters. The minimum atomic E-state index is -2.19. The maximum atomic E-state index is 2.46. The topological polar surface area (TPSA) is 0 Å². The lowest BCUT2D eigenvalue weighted by Crippen LogP contribution is -2.36. The summed E-state index contributed by atoms with van der Waals surface area (Å²) >= 11 is 0. The van der Waals surface area contributed by atoms with Crippen molar-refractivity contribution in [1.82, 2.24) is 0 Å². The van der Waals surface area contributed by atoms with Crippen molar-refractivity contribution in [1.29, 1.82) is 0 Å². The summed E-state index contributed by atoms with van der Waals surface area (Å²) in [5, 5.41) is 11.8. The number of benzene rings is 8. The van der Waals surface area contributed by atoms with E-state index in [0.29, 0.717) is 0 Å². The first-order chi connectivity index (χ1) is 27.3. The molecule has 0 saturated heterocycles. The second-order valence-corrected chi connectivity index (χ2v) is 27.0. The zero-order chi connectivity index (χ0) is 37.2. The average Bonchev–Trinajstić information content (AvgIpc) is 3.29. The third-order valence-corrected chi connectivity index (χ3v) is 29.3. The zero-order valence-corrected chi connectivity index (χ0v) is 34.6. The van der Waals surface area contributed by atoms with Crippen LogP contribution in [0.1, 0.15) is 0 Å². The van der Waals surface area contributed by atoms with E-state index in [1.807, 2.05) is 0 Å². The number of hydrogen-bond acceptors (Lipinski definition) is 0. The molecule has 55 heavy (non-hydrogen) atoms. The van der Waals surface area contributed by atoms with Crippen LogP contribution in [-0.2, 0) is 0 Å². The van der Waals surface area contributed by atoms with E-state index in [4.69, 9.17) is 0 Å². The Labute approximate surface area is 331 Å². The van der Waals surface area contributed by atoms with E-state index >= 15 is 0 Å². The Balaban J connectivity index is 1.44. The van der Waals surface area contributed by atoms with Gasteiger partial charge in [0.15, 0.2) is 5.90 Å². The van der Waals surface area contributed by atoms with Gasteiger partial charge in [-0.1, -0.05) is 194 Å². The van der Waals surface area contributed by atoms with Gasteiger partial charge in [-0.25, -0.2) is 0 Å². The first-order valence-electron chi connectivity index (χ1n) is 19.0. The van der Waals surface area contributed by atoms with Gasteiger partial charge in [0.25, 0.3) is 0 Å². The normalized spacial score (nSPS) is 11.8. The second kappa shape index (κ2) is 18.0. The van der Waals surface area contributed by atoms with Crippen molar-refractivity contribution in [2.45, 2.75) is 0 Å². The van der Waals surface area contributed by atoms with Crippen molar-refractivity contribution in [3.63, 3.8) is 0 Å². The molecule has 0 saturated carbocycles. The van der Waals surface area contributed by atoms with E-state index in [9.17, 15) is 0 Å². The number of rotatable bonds is 14. The van der Waals surface area contributed by atoms with Gasteiger partial charge in [-0.15, -0.1) is 0 Å². The van der Waals surface area contributed by atoms with Gasteiger partial charge in [-0.2, -0.15) is 0 Å². The van der Waals surface area contributed by atoms with Crippen LogP contribution in [0.15, 0.2) is 243 Å². The maximum absolute atomic E-state index is 2.46. The van der Waals surface area contributed by atoms with Gasteiger partial charge in [0, 0.05) is 0 Å². The molecule has 8 aromatic rings. The van der Waals surface area contributed by atoms with Crippen molar-refractivity contribution in [3.8, 4) is 0 Å². The molecule has 8 rings (SSSR count). The predicted molar refractivity (Wildman–Crippen MR) is 251 cm³/mol. The van der Waals surface area contributed by atoms with Crippen LogP contribution in [0.2, 0.25) is 0 Å². The van der Waals surface area contributed by atoms with Gasteiger partial charge in [-0.3, -0.25) is 0 Å². The fourth-order valence-electron chi connectivity index (χ4n) is 7.85. The Hall–Kier alpha value is -4.52. The van der Waals surface area contributed by atoms with Gasteiger partial charge < -0.3 is 0 Å². The molecule has 0 aliphatic heterocycles. The minimum absolute atomic E-state index is 0.712. The fourth-order valence-corrected chi connectivity index (χ4v) is 31.5. The quantitative estimate of drug-likeness (QED) is 0.0964. The molecule has 0 aliphatic carbocycles. The second-order valence-electron chi connectivity index (χ2n) is 13.9. The van der Waals surface area contributed by atoms with E-state index in [1.165, 1.54) is 42.4 Å². The highest BCUT2D eigenvalue weighted by molar-refractivity contribution is 8.10. The van der Waals surface area contributed by atoms with Crippen LogP contribution in [0.5, 0.6) is 0 Å². The summed E-state index contributed by atoms with van der Waals surface area (Å²) in [6.45, 7) is 0. The van der Waals surface area contributed by atoms with Gasteiger partial charge in [0.1, 0.15) is 35.7 Å². The highest BCUT2D eigenvalue weighted by Gasteiger charge is 2.59. The first-order valence-corrected chi connectivity index (χ1v) is 26.3. The third kappa shape index (κ3) is 8.36. The Morgan fingerprint density at radius 3 is 0.618 bits per heavy atom. The molecule has 0 bridgehead atoms. The Morgan fingerprint density at radius 2 is 0.418 bits per heavy atom. The molecule has 0 aliphatic rings. The van der Waals surface area contributed by atoms with Gasteiger partial charge >= 0.3 is 0 Å². The van der Waals surface area contributed by atoms with Gasteiger partial charge in [0.2, 0.25) is 0 Å². The third-order valence-electron chi connectivity index (χ3n) is 10.5. The van der Waals surface area contributed by atoms with Crippen molar-refractivity contribution in [2.24, 2.45) is 0 Å². The van der Waals surface area contributed by atoms with Crippen molar-refractivity contribution < 1.29 is 0 Å². The predicted octanol–water partition coefficient (Wildman–Crippen LogP) is 10.5. The minimum Gasteiger partial charge on any atom is -0.0622 e. The lowest BCUT2D eigenvalue weighted by atomic mass is 10.4. The van der Waals surface area contributed by atoms with E-state index in [2.05, 4.69) is 243 Å². The molecule has 0 aromatic heterocycles. The molecule has 0 unspecified atom stereocenters. The van der Waals surface area contributed by atoms with Gasteiger partial charge in [0.05, 0.1) is 11.8 Å². The molecular weight excluding hydrogens is 736 g/mol. The molecule has 0 spiro atoms. The lowest BCUT2D eigenvalue weighted by Gasteiger charge is -2.38. The summed E-state index contributed by atoms with van der Waals surface area (Å²) < 4.78 is 0. The smallest absolute Gasteiger partial charge is 0.0622 e. The van der Waals surface area contributed by atoms with Crippen LogP contribution in [0, 0.1) is 0 Å². The Morgan fingerprint density at radius 1 is 0.236 bits per heavy atom. The SMILES string of the molecule is c1ccc(P(C[P+](C[P+](CP(c2ccccc2)c2ccccc2)(c2ccccc2)c2ccccc2)(c2ccccc2)c2ccccc2)c2ccccc2)cc1. The molecule has 0 amide bonds. The highest BCUT2D eigenvalue weighted by Crippen LogP contribution is 2.77. The van der Waals surface area contributed by atoms with Crippen LogP contribution in [-0.4, -0.2) is 17.7 Å². The van der Waals surface area contributed by atoms with E-state index in [0.717, 1.165) is 17.7 Å². The molecule has 0 radical (unpaired) electrons. The lowest BCUT2D eigenvalue weighted by molar-refractivity contribution is 1.67. The molecular formula is C51H46P4+2. The maximum Gasteiger partial charge on any atom is 0.179 e. The average molecular weight is 783 g/mol. The van der Waals surface area contributed by atoms with Crippen LogP contribution < -0.4 is 42.4 Å². The molecule has 0 fully saturated rings. The summed E-state index contributed by atoms with van der Waals surface area (Å²) in [5.41, 5.74) is 0. The standard InChI is InChI=1S/C51H46P4/c1-9-25-44(26-10-1)52(45-27-11-2-12-28-45)41-54(48-33-17-5-18-34-48,49-35-19-6-20-36-49)43-55(50-37-21-7-22-38-50,51-39-23-8-24-40-51)42-53(46-29-13-3-14-30-46)47-31-15-4-16-32-47/h1-40H,41-43H2/q+2. The fraction of sp³-hybridized carbons (Fsp3) is 0.0588.